The molecule has 0 fully saturated rings. The molecule has 6 nitrogen and oxygen atoms in total. The van der Waals surface area contributed by atoms with Crippen LogP contribution < -0.4 is 5.73 Å². The molecule has 0 amide bonds. The van der Waals surface area contributed by atoms with Crippen molar-refractivity contribution in [3.05, 3.63) is 239 Å². The number of hydrogen-bond acceptors (Lipinski definition) is 4. The lowest BCUT2D eigenvalue weighted by atomic mass is 9.94. The standard InChI is InChI=1S/C55H40N6/c1-3-51-55(37(2)33-56)50-31-43(41-10-4-5-11-42(30-41)45-15-9-28-58-35-45)22-25-53(50)60(51)46-16-7-17-47(32-46)61-52-24-21-40(20-23-48(52)49-26-29-59-36-54(49)61)38-12-6-13-39(19-18-38)44-14-8-27-57-34-44/h3,5-18,21-32,34-37H,1,33,56H2,2H3. The number of rotatable bonds is 9. The molecule has 0 spiro atoms. The molecular formula is C55H40N6. The lowest BCUT2D eigenvalue weighted by Gasteiger charge is -2.15. The molecule has 0 saturated carbocycles. The number of benzene rings is 2. The van der Waals surface area contributed by atoms with Gasteiger partial charge in [-0.25, -0.2) is 0 Å². The fourth-order valence-corrected chi connectivity index (χ4v) is 8.50. The predicted octanol–water partition coefficient (Wildman–Crippen LogP) is 12.0. The molecule has 10 rings (SSSR count). The van der Waals surface area contributed by atoms with Crippen LogP contribution in [0.2, 0.25) is 0 Å². The number of hydrogen-bond donors (Lipinski definition) is 1. The van der Waals surface area contributed by atoms with Crippen LogP contribution >= 0.6 is 0 Å². The van der Waals surface area contributed by atoms with Crippen molar-refractivity contribution in [1.82, 2.24) is 24.1 Å². The average Bonchev–Trinajstić information content (AvgIpc) is 3.48. The van der Waals surface area contributed by atoms with Crippen LogP contribution in [0.1, 0.15) is 52.0 Å². The van der Waals surface area contributed by atoms with Crippen molar-refractivity contribution in [3.63, 3.8) is 0 Å². The van der Waals surface area contributed by atoms with Gasteiger partial charge in [-0.3, -0.25) is 15.0 Å². The summed E-state index contributed by atoms with van der Waals surface area (Å²) >= 11 is 0. The normalized spacial score (nSPS) is 14.8. The Labute approximate surface area is 354 Å². The van der Waals surface area contributed by atoms with Crippen molar-refractivity contribution >= 4 is 56.8 Å². The van der Waals surface area contributed by atoms with E-state index in [0.717, 1.165) is 94.7 Å². The van der Waals surface area contributed by atoms with E-state index in [9.17, 15) is 0 Å². The van der Waals surface area contributed by atoms with Crippen molar-refractivity contribution in [1.29, 1.82) is 0 Å². The van der Waals surface area contributed by atoms with Crippen molar-refractivity contribution in [2.24, 2.45) is 5.73 Å². The fourth-order valence-electron chi connectivity index (χ4n) is 8.50. The van der Waals surface area contributed by atoms with Gasteiger partial charge in [0, 0.05) is 86.7 Å². The summed E-state index contributed by atoms with van der Waals surface area (Å²) < 4.78 is 4.61. The summed E-state index contributed by atoms with van der Waals surface area (Å²) in [6.07, 6.45) is 36.0. The minimum absolute atomic E-state index is 0.0831. The molecule has 2 N–H and O–H groups in total. The summed E-state index contributed by atoms with van der Waals surface area (Å²) in [4.78, 5) is 13.2. The van der Waals surface area contributed by atoms with E-state index in [1.807, 2.05) is 67.3 Å². The molecule has 3 aliphatic carbocycles. The predicted molar refractivity (Wildman–Crippen MR) is 252 cm³/mol. The third-order valence-corrected chi connectivity index (χ3v) is 11.5. The SMILES string of the molecule is C=Cc1c(C(C)CN)c2cc(C3=CC(c4cccnc4)=CC=C=C3)ccc2n1-c1cccc(-n2c3c(c4ccncc42)C=C=C(C2=CC=CC(c4cccnc4)=C=C2)C=C3)c1. The number of nitrogens with zero attached hydrogens (tertiary/aromatic N) is 5. The minimum Gasteiger partial charge on any atom is -0.330 e. The molecular weight excluding hydrogens is 745 g/mol. The van der Waals surface area contributed by atoms with E-state index in [1.165, 1.54) is 5.56 Å². The summed E-state index contributed by atoms with van der Waals surface area (Å²) in [5, 5.41) is 2.24. The molecule has 0 radical (unpaired) electrons. The molecule has 6 heteroatoms. The van der Waals surface area contributed by atoms with Gasteiger partial charge in [0.1, 0.15) is 0 Å². The largest absolute Gasteiger partial charge is 0.330 e. The van der Waals surface area contributed by atoms with Crippen LogP contribution in [0.5, 0.6) is 0 Å². The first kappa shape index (κ1) is 37.2. The Morgan fingerprint density at radius 1 is 0.689 bits per heavy atom. The summed E-state index contributed by atoms with van der Waals surface area (Å²) in [6, 6.07) is 25.5. The zero-order valence-corrected chi connectivity index (χ0v) is 33.6. The number of allylic oxidation sites excluding steroid dienone is 12. The third kappa shape index (κ3) is 6.80. The van der Waals surface area contributed by atoms with Crippen molar-refractivity contribution < 1.29 is 0 Å². The Balaban J connectivity index is 1.08. The van der Waals surface area contributed by atoms with E-state index in [0.29, 0.717) is 6.54 Å². The molecule has 1 atom stereocenters. The molecule has 1 unspecified atom stereocenters. The van der Waals surface area contributed by atoms with Crippen LogP contribution in [0.4, 0.5) is 0 Å². The maximum atomic E-state index is 6.44. The quantitative estimate of drug-likeness (QED) is 0.148. The highest BCUT2D eigenvalue weighted by Crippen LogP contribution is 2.39. The molecule has 3 aliphatic rings. The molecule has 0 bridgehead atoms. The lowest BCUT2D eigenvalue weighted by molar-refractivity contribution is 0.775. The summed E-state index contributed by atoms with van der Waals surface area (Å²) in [5.41, 5.74) is 33.6. The van der Waals surface area contributed by atoms with E-state index in [1.54, 1.807) is 12.4 Å². The molecule has 5 aromatic heterocycles. The topological polar surface area (TPSA) is 74.5 Å². The van der Waals surface area contributed by atoms with E-state index in [4.69, 9.17) is 5.73 Å². The second kappa shape index (κ2) is 15.9. The first-order valence-electron chi connectivity index (χ1n) is 20.4. The third-order valence-electron chi connectivity index (χ3n) is 11.5. The first-order valence-corrected chi connectivity index (χ1v) is 20.4. The van der Waals surface area contributed by atoms with Crippen molar-refractivity contribution in [3.8, 4) is 11.4 Å². The Bertz CT molecular complexity index is 3300. The van der Waals surface area contributed by atoms with E-state index < -0.39 is 0 Å². The Morgan fingerprint density at radius 2 is 1.49 bits per heavy atom. The van der Waals surface area contributed by atoms with Crippen LogP contribution in [0.25, 0.3) is 68.1 Å². The maximum Gasteiger partial charge on any atom is 0.0724 e. The van der Waals surface area contributed by atoms with Crippen LogP contribution in [0.15, 0.2) is 200 Å². The molecule has 61 heavy (non-hydrogen) atoms. The molecule has 5 heterocycles. The number of nitrogens with two attached hydrogens (primary N) is 1. The van der Waals surface area contributed by atoms with Gasteiger partial charge in [-0.2, -0.15) is 0 Å². The average molecular weight is 785 g/mol. The fraction of sp³-hybridized carbons (Fsp3) is 0.0545. The Kier molecular flexibility index (Phi) is 9.72. The molecule has 7 aromatic rings. The van der Waals surface area contributed by atoms with Crippen LogP contribution in [-0.4, -0.2) is 30.6 Å². The summed E-state index contributed by atoms with van der Waals surface area (Å²) in [7, 11) is 0. The number of fused-ring (bicyclic) bond motifs is 4. The highest BCUT2D eigenvalue weighted by atomic mass is 15.0. The van der Waals surface area contributed by atoms with Crippen LogP contribution in [-0.2, 0) is 0 Å². The first-order chi connectivity index (χ1) is 30.1. The van der Waals surface area contributed by atoms with E-state index in [-0.39, 0.29) is 5.92 Å². The second-order valence-electron chi connectivity index (χ2n) is 15.2. The summed E-state index contributed by atoms with van der Waals surface area (Å²) in [5.74, 6) is 0.0831. The maximum absolute atomic E-state index is 6.44. The van der Waals surface area contributed by atoms with Gasteiger partial charge in [-0.1, -0.05) is 49.9 Å². The van der Waals surface area contributed by atoms with Gasteiger partial charge in [0.05, 0.1) is 22.9 Å². The highest BCUT2D eigenvalue weighted by Gasteiger charge is 2.23. The van der Waals surface area contributed by atoms with Gasteiger partial charge in [-0.05, 0) is 150 Å². The number of pyridine rings is 3. The van der Waals surface area contributed by atoms with Crippen molar-refractivity contribution in [2.45, 2.75) is 12.8 Å². The van der Waals surface area contributed by atoms with Crippen molar-refractivity contribution in [2.75, 3.05) is 6.54 Å². The molecule has 290 valence electrons. The zero-order valence-electron chi connectivity index (χ0n) is 33.6. The monoisotopic (exact) mass is 784 g/mol. The highest BCUT2D eigenvalue weighted by molar-refractivity contribution is 5.98. The lowest BCUT2D eigenvalue weighted by Crippen LogP contribution is -2.10. The van der Waals surface area contributed by atoms with E-state index >= 15 is 0 Å². The second-order valence-corrected chi connectivity index (χ2v) is 15.2. The van der Waals surface area contributed by atoms with Crippen LogP contribution in [0.3, 0.4) is 0 Å². The Hall–Kier alpha value is -8.07. The molecule has 2 aromatic carbocycles. The minimum atomic E-state index is 0.0831. The van der Waals surface area contributed by atoms with Gasteiger partial charge in [0.15, 0.2) is 0 Å². The van der Waals surface area contributed by atoms with Gasteiger partial charge < -0.3 is 14.9 Å². The van der Waals surface area contributed by atoms with Gasteiger partial charge >= 0.3 is 0 Å². The smallest absolute Gasteiger partial charge is 0.0724 e. The van der Waals surface area contributed by atoms with Gasteiger partial charge in [-0.15, -0.1) is 17.2 Å². The molecule has 0 aliphatic heterocycles. The number of aromatic nitrogens is 5. The van der Waals surface area contributed by atoms with Gasteiger partial charge in [0.25, 0.3) is 0 Å². The van der Waals surface area contributed by atoms with E-state index in [2.05, 4.69) is 158 Å². The molecule has 0 saturated heterocycles. The zero-order chi connectivity index (χ0) is 41.3. The van der Waals surface area contributed by atoms with Crippen LogP contribution in [0, 0.1) is 0 Å². The summed E-state index contributed by atoms with van der Waals surface area (Å²) in [6.45, 7) is 7.04. The van der Waals surface area contributed by atoms with Gasteiger partial charge in [0.2, 0.25) is 0 Å². The Morgan fingerprint density at radius 3 is 2.30 bits per heavy atom.